The molecule has 2 atom stereocenters. The summed E-state index contributed by atoms with van der Waals surface area (Å²) in [4.78, 5) is 7.27. The minimum atomic E-state index is -3.33. The SMILES string of the molecule is CC1COCCN1c1cc(C2(S(C)(=O)=O)CC2)c2c(n1)c(-c1ccn(C3CCCCO3)n1)nn2C.[B]C. The molecule has 2 unspecified atom stereocenters. The number of pyridine rings is 1. The molecular formula is C25H35BN6O4S. The summed E-state index contributed by atoms with van der Waals surface area (Å²) in [6.45, 7) is 6.27. The van der Waals surface area contributed by atoms with Gasteiger partial charge in [-0.25, -0.2) is 18.1 Å². The molecule has 198 valence electrons. The van der Waals surface area contributed by atoms with Gasteiger partial charge in [-0.15, -0.1) is 0 Å². The topological polar surface area (TPSA) is 104 Å². The molecular weight excluding hydrogens is 491 g/mol. The van der Waals surface area contributed by atoms with E-state index in [9.17, 15) is 8.42 Å². The van der Waals surface area contributed by atoms with E-state index in [2.05, 4.69) is 19.7 Å². The van der Waals surface area contributed by atoms with Crippen LogP contribution in [0.3, 0.4) is 0 Å². The molecule has 3 aromatic rings. The van der Waals surface area contributed by atoms with Gasteiger partial charge in [-0.05, 0) is 51.2 Å². The van der Waals surface area contributed by atoms with Crippen molar-refractivity contribution in [2.24, 2.45) is 7.05 Å². The van der Waals surface area contributed by atoms with Gasteiger partial charge in [-0.1, -0.05) is 6.82 Å². The zero-order chi connectivity index (χ0) is 26.4. The lowest BCUT2D eigenvalue weighted by Crippen LogP contribution is -2.44. The van der Waals surface area contributed by atoms with Gasteiger partial charge < -0.3 is 14.4 Å². The second-order valence-electron chi connectivity index (χ2n) is 10.1. The third-order valence-corrected chi connectivity index (χ3v) is 9.69. The first-order valence-electron chi connectivity index (χ1n) is 13.0. The Balaban J connectivity index is 0.00000137. The second kappa shape index (κ2) is 10.0. The molecule has 1 aliphatic carbocycles. The van der Waals surface area contributed by atoms with E-state index in [1.807, 2.05) is 30.1 Å². The molecule has 0 spiro atoms. The largest absolute Gasteiger partial charge is 0.377 e. The predicted octanol–water partition coefficient (Wildman–Crippen LogP) is 2.99. The summed E-state index contributed by atoms with van der Waals surface area (Å²) in [6.07, 6.45) is 7.54. The quantitative estimate of drug-likeness (QED) is 0.468. The lowest BCUT2D eigenvalue weighted by Gasteiger charge is -2.34. The first kappa shape index (κ1) is 26.2. The van der Waals surface area contributed by atoms with E-state index < -0.39 is 14.6 Å². The van der Waals surface area contributed by atoms with Crippen LogP contribution in [0.5, 0.6) is 0 Å². The first-order valence-corrected chi connectivity index (χ1v) is 14.8. The highest BCUT2D eigenvalue weighted by Crippen LogP contribution is 2.55. The van der Waals surface area contributed by atoms with Crippen LogP contribution in [0.1, 0.15) is 50.8 Å². The van der Waals surface area contributed by atoms with Gasteiger partial charge in [0.05, 0.1) is 37.4 Å². The lowest BCUT2D eigenvalue weighted by molar-refractivity contribution is -0.0393. The summed E-state index contributed by atoms with van der Waals surface area (Å²) in [7, 11) is 3.03. The van der Waals surface area contributed by atoms with Gasteiger partial charge in [0, 0.05) is 38.2 Å². The van der Waals surface area contributed by atoms with Crippen LogP contribution in [0.4, 0.5) is 5.82 Å². The van der Waals surface area contributed by atoms with Gasteiger partial charge in [0.1, 0.15) is 29.0 Å². The fourth-order valence-electron chi connectivity index (χ4n) is 5.51. The van der Waals surface area contributed by atoms with Gasteiger partial charge in [0.2, 0.25) is 0 Å². The van der Waals surface area contributed by atoms with E-state index >= 15 is 0 Å². The van der Waals surface area contributed by atoms with Crippen LogP contribution in [-0.2, 0) is 31.1 Å². The smallest absolute Gasteiger partial charge is 0.157 e. The molecule has 0 bridgehead atoms. The molecule has 0 N–H and O–H groups in total. The molecule has 1 saturated carbocycles. The van der Waals surface area contributed by atoms with Crippen molar-refractivity contribution < 1.29 is 17.9 Å². The first-order chi connectivity index (χ1) is 17.8. The fraction of sp³-hybridized carbons (Fsp3) is 0.640. The van der Waals surface area contributed by atoms with Crippen LogP contribution in [0.25, 0.3) is 22.4 Å². The molecule has 0 aromatic carbocycles. The summed E-state index contributed by atoms with van der Waals surface area (Å²) in [5, 5.41) is 9.61. The summed E-state index contributed by atoms with van der Waals surface area (Å²) in [5.74, 6) is 0.766. The second-order valence-corrected chi connectivity index (χ2v) is 12.4. The zero-order valence-corrected chi connectivity index (χ0v) is 22.9. The van der Waals surface area contributed by atoms with Gasteiger partial charge in [-0.3, -0.25) is 4.68 Å². The van der Waals surface area contributed by atoms with Crippen molar-refractivity contribution >= 4 is 34.5 Å². The average molecular weight is 526 g/mol. The van der Waals surface area contributed by atoms with Crippen molar-refractivity contribution in [3.05, 3.63) is 23.9 Å². The van der Waals surface area contributed by atoms with Crippen molar-refractivity contribution in [3.63, 3.8) is 0 Å². The maximum absolute atomic E-state index is 13.0. The normalized spacial score (nSPS) is 23.5. The van der Waals surface area contributed by atoms with Crippen molar-refractivity contribution in [1.29, 1.82) is 0 Å². The maximum Gasteiger partial charge on any atom is 0.157 e. The van der Waals surface area contributed by atoms with Crippen LogP contribution in [0.2, 0.25) is 6.82 Å². The van der Waals surface area contributed by atoms with E-state index in [0.29, 0.717) is 49.5 Å². The Bertz CT molecular complexity index is 1380. The van der Waals surface area contributed by atoms with Crippen LogP contribution in [0.15, 0.2) is 18.3 Å². The van der Waals surface area contributed by atoms with Crippen LogP contribution in [0, 0.1) is 0 Å². The Kier molecular flexibility index (Phi) is 7.10. The summed E-state index contributed by atoms with van der Waals surface area (Å²) < 4.78 is 40.2. The van der Waals surface area contributed by atoms with Gasteiger partial charge in [0.15, 0.2) is 9.84 Å². The molecule has 5 heterocycles. The number of anilines is 1. The molecule has 3 aliphatic rings. The van der Waals surface area contributed by atoms with Gasteiger partial charge in [-0.2, -0.15) is 10.2 Å². The van der Waals surface area contributed by atoms with E-state index in [1.165, 1.54) is 13.1 Å². The molecule has 0 amide bonds. The van der Waals surface area contributed by atoms with Crippen LogP contribution >= 0.6 is 0 Å². The number of morpholine rings is 1. The predicted molar refractivity (Wildman–Crippen MR) is 144 cm³/mol. The van der Waals surface area contributed by atoms with Crippen molar-refractivity contribution in [1.82, 2.24) is 24.5 Å². The Morgan fingerprint density at radius 1 is 1.16 bits per heavy atom. The Morgan fingerprint density at radius 3 is 2.59 bits per heavy atom. The lowest BCUT2D eigenvalue weighted by atomic mass is 10.1. The maximum atomic E-state index is 13.0. The number of hydrogen-bond acceptors (Lipinski definition) is 8. The molecule has 10 nitrogen and oxygen atoms in total. The van der Waals surface area contributed by atoms with Crippen molar-refractivity contribution in [3.8, 4) is 11.4 Å². The van der Waals surface area contributed by atoms with Gasteiger partial charge in [0.25, 0.3) is 0 Å². The number of nitrogens with zero attached hydrogens (tertiary/aromatic N) is 6. The molecule has 6 rings (SSSR count). The highest BCUT2D eigenvalue weighted by molar-refractivity contribution is 7.92. The minimum Gasteiger partial charge on any atom is -0.377 e. The molecule has 2 radical (unpaired) electrons. The van der Waals surface area contributed by atoms with Crippen LogP contribution < -0.4 is 4.90 Å². The Morgan fingerprint density at radius 2 is 1.95 bits per heavy atom. The van der Waals surface area contributed by atoms with E-state index in [4.69, 9.17) is 24.7 Å². The monoisotopic (exact) mass is 526 g/mol. The standard InChI is InChI=1S/C24H32N6O4S.CH3B/c1-16-15-33-13-11-29(16)19-14-17(24(8-9-24)35(3,31)32)23-22(25-19)21(27-28(23)2)18-7-10-30(26-18)20-6-4-5-12-34-20;1-2/h7,10,14,16,20H,4-6,8-9,11-13,15H2,1-3H3;1H3. The Labute approximate surface area is 219 Å². The number of aryl methyl sites for hydroxylation is 1. The molecule has 3 aromatic heterocycles. The number of fused-ring (bicyclic) bond motifs is 1. The van der Waals surface area contributed by atoms with Crippen molar-refractivity contribution in [2.75, 3.05) is 37.5 Å². The number of hydrogen-bond donors (Lipinski definition) is 0. The number of rotatable bonds is 5. The number of ether oxygens (including phenoxy) is 2. The number of aromatic nitrogens is 5. The zero-order valence-electron chi connectivity index (χ0n) is 22.1. The summed E-state index contributed by atoms with van der Waals surface area (Å²) >= 11 is 0. The molecule has 37 heavy (non-hydrogen) atoms. The van der Waals surface area contributed by atoms with Crippen LogP contribution in [-0.4, -0.2) is 79.5 Å². The minimum absolute atomic E-state index is 0.0688. The number of sulfone groups is 1. The summed E-state index contributed by atoms with van der Waals surface area (Å²) in [5.41, 5.74) is 3.60. The highest BCUT2D eigenvalue weighted by Gasteiger charge is 2.55. The third-order valence-electron chi connectivity index (χ3n) is 7.65. The fourth-order valence-corrected chi connectivity index (χ4v) is 6.91. The molecule has 3 fully saturated rings. The van der Waals surface area contributed by atoms with Gasteiger partial charge >= 0.3 is 0 Å². The Hall–Kier alpha value is -2.44. The molecule has 2 saturated heterocycles. The highest BCUT2D eigenvalue weighted by atomic mass is 32.2. The average Bonchev–Trinajstić information content (AvgIpc) is 3.48. The van der Waals surface area contributed by atoms with E-state index in [1.54, 1.807) is 4.68 Å². The van der Waals surface area contributed by atoms with Crippen molar-refractivity contribution in [2.45, 2.75) is 62.9 Å². The molecule has 2 aliphatic heterocycles. The summed E-state index contributed by atoms with van der Waals surface area (Å²) in [6, 6.07) is 4.05. The third kappa shape index (κ3) is 4.57. The molecule has 12 heteroatoms. The van der Waals surface area contributed by atoms with E-state index in [0.717, 1.165) is 42.8 Å². The van der Waals surface area contributed by atoms with E-state index in [-0.39, 0.29) is 12.3 Å².